The fourth-order valence-corrected chi connectivity index (χ4v) is 11.8. The lowest BCUT2D eigenvalue weighted by molar-refractivity contribution is -0.117. The van der Waals surface area contributed by atoms with E-state index in [0.29, 0.717) is 57.1 Å². The first-order chi connectivity index (χ1) is 38.2. The first-order valence-electron chi connectivity index (χ1n) is 23.9. The van der Waals surface area contributed by atoms with E-state index in [9.17, 15) is 71.7 Å². The molecule has 0 radical (unpaired) electrons. The van der Waals surface area contributed by atoms with E-state index in [-0.39, 0.29) is 35.0 Å². The van der Waals surface area contributed by atoms with Gasteiger partial charge in [0.15, 0.2) is 11.5 Å². The highest BCUT2D eigenvalue weighted by Gasteiger charge is 2.29. The summed E-state index contributed by atoms with van der Waals surface area (Å²) in [4.78, 5) is 22.3. The van der Waals surface area contributed by atoms with E-state index in [2.05, 4.69) is 31.1 Å². The van der Waals surface area contributed by atoms with Crippen LogP contribution >= 0.6 is 0 Å². The fourth-order valence-electron chi connectivity index (χ4n) is 8.95. The number of phenolic OH excluding ortho intramolecular Hbond substituents is 2. The van der Waals surface area contributed by atoms with E-state index in [4.69, 9.17) is 17.2 Å². The number of fused-ring (bicyclic) bond motifs is 2. The molecule has 0 atom stereocenters. The van der Waals surface area contributed by atoms with Gasteiger partial charge in [0.1, 0.15) is 31.0 Å². The Labute approximate surface area is 468 Å². The van der Waals surface area contributed by atoms with E-state index in [1.165, 1.54) is 12.1 Å². The zero-order valence-corrected chi connectivity index (χ0v) is 46.6. The van der Waals surface area contributed by atoms with E-state index in [0.717, 1.165) is 34.4 Å². The maximum Gasteiger partial charge on any atom is 0.296 e. The molecule has 0 aliphatic carbocycles. The number of phenols is 2. The molecule has 0 saturated carbocycles. The van der Waals surface area contributed by atoms with Crippen molar-refractivity contribution in [1.82, 2.24) is 0 Å². The van der Waals surface area contributed by atoms with Gasteiger partial charge in [0.25, 0.3) is 40.5 Å². The van der Waals surface area contributed by atoms with Crippen molar-refractivity contribution in [2.45, 2.75) is 66.2 Å². The Hall–Kier alpha value is -8.78. The largest absolute Gasteiger partial charge is 0.505 e. The quantitative estimate of drug-likeness (QED) is 0.0243. The highest BCUT2D eigenvalue weighted by molar-refractivity contribution is 7.87. The Bertz CT molecular complexity index is 4290. The molecule has 0 heterocycles. The third kappa shape index (κ3) is 12.6. The number of azo groups is 2. The summed E-state index contributed by atoms with van der Waals surface area (Å²) in [6, 6.07) is 25.8. The number of aromatic hydroxyl groups is 2. The highest BCUT2D eigenvalue weighted by atomic mass is 32.2. The first-order valence-corrected chi connectivity index (χ1v) is 29.7. The van der Waals surface area contributed by atoms with Crippen LogP contribution in [-0.4, -0.2) is 80.0 Å². The second-order valence-corrected chi connectivity index (χ2v) is 24.5. The minimum atomic E-state index is -5.10. The lowest BCUT2D eigenvalue weighted by atomic mass is 10.00. The Balaban J connectivity index is 0.868. The number of rotatable bonds is 16. The molecule has 0 saturated heterocycles. The minimum absolute atomic E-state index is 0.175. The molecule has 14 N–H and O–H groups in total. The number of nitrogens with one attached hydrogen (secondary N) is 2. The Kier molecular flexibility index (Phi) is 16.1. The van der Waals surface area contributed by atoms with Crippen molar-refractivity contribution in [3.63, 3.8) is 0 Å². The minimum Gasteiger partial charge on any atom is -0.505 e. The average molecular weight is 1200 g/mol. The zero-order valence-electron chi connectivity index (χ0n) is 43.3. The van der Waals surface area contributed by atoms with Gasteiger partial charge in [0.2, 0.25) is 11.8 Å². The van der Waals surface area contributed by atoms with Crippen LogP contribution in [0.25, 0.3) is 43.8 Å². The van der Waals surface area contributed by atoms with E-state index >= 15 is 0 Å². The molecule has 0 unspecified atom stereocenters. The topological polar surface area (TPSA) is 444 Å². The van der Waals surface area contributed by atoms with Crippen LogP contribution in [0.4, 0.5) is 45.5 Å². The van der Waals surface area contributed by atoms with Crippen molar-refractivity contribution in [2.24, 2.45) is 26.2 Å². The maximum atomic E-state index is 13.1. The third-order valence-electron chi connectivity index (χ3n) is 13.0. The van der Waals surface area contributed by atoms with Crippen LogP contribution in [0.5, 0.6) is 11.5 Å². The van der Waals surface area contributed by atoms with Gasteiger partial charge in [0, 0.05) is 41.0 Å². The number of benzene rings is 8. The van der Waals surface area contributed by atoms with Crippen LogP contribution < -0.4 is 27.8 Å². The Morgan fingerprint density at radius 1 is 0.439 bits per heavy atom. The molecule has 8 aromatic carbocycles. The lowest BCUT2D eigenvalue weighted by Gasteiger charge is -2.15. The normalized spacial score (nSPS) is 12.8. The third-order valence-corrected chi connectivity index (χ3v) is 16.6. The summed E-state index contributed by atoms with van der Waals surface area (Å²) >= 11 is 0. The maximum absolute atomic E-state index is 13.1. The van der Waals surface area contributed by atoms with Crippen LogP contribution in [0.1, 0.15) is 35.1 Å². The molecule has 25 nitrogen and oxygen atoms in total. The number of hydrogen-bond acceptors (Lipinski definition) is 19. The average Bonchev–Trinajstić information content (AvgIpc) is 1.38. The van der Waals surface area contributed by atoms with Crippen LogP contribution in [0.2, 0.25) is 0 Å². The van der Waals surface area contributed by atoms with Crippen LogP contribution in [0.3, 0.4) is 0 Å². The fraction of sp³-hybridized carbons (Fsp3) is 0.132. The molecule has 0 aromatic heterocycles. The number of nitrogens with two attached hydrogens (primary N) is 3. The van der Waals surface area contributed by atoms with E-state index < -0.39 is 112 Å². The van der Waals surface area contributed by atoms with Gasteiger partial charge in [-0.25, -0.2) is 0 Å². The van der Waals surface area contributed by atoms with Crippen molar-refractivity contribution in [1.29, 1.82) is 0 Å². The Morgan fingerprint density at radius 2 is 0.732 bits per heavy atom. The Morgan fingerprint density at radius 3 is 1.04 bits per heavy atom. The SMILES string of the molecule is Cc1cc(-c2ccc(NC(=O)CC(N)CC(=O)Nc3ccc(-c4ccc(N=Nc5ccc6c(S(=O)(=O)O)cc(S(=O)(=O)O)c(N)c6c5O)c(C)c4)cc3C)c(C)c2)ccc1N=Nc1ccc2c(S(=O)(=O)O)cc(S(=O)(=O)O)c(N)c2c1O. The predicted molar refractivity (Wildman–Crippen MR) is 305 cm³/mol. The van der Waals surface area contributed by atoms with Crippen molar-refractivity contribution < 1.29 is 71.7 Å². The highest BCUT2D eigenvalue weighted by Crippen LogP contribution is 2.46. The second-order valence-electron chi connectivity index (χ2n) is 18.9. The van der Waals surface area contributed by atoms with Gasteiger partial charge in [-0.3, -0.25) is 27.8 Å². The molecule has 0 aliphatic rings. The number of carbonyl (C=O) groups excluding carboxylic acids is 2. The molecular weight excluding hydrogens is 1150 g/mol. The molecule has 2 amide bonds. The monoisotopic (exact) mass is 1200 g/mol. The molecule has 426 valence electrons. The molecule has 8 rings (SSSR count). The van der Waals surface area contributed by atoms with Gasteiger partial charge in [0.05, 0.1) is 33.5 Å². The molecule has 8 aromatic rings. The van der Waals surface area contributed by atoms with Crippen LogP contribution in [0.15, 0.2) is 149 Å². The summed E-state index contributed by atoms with van der Waals surface area (Å²) in [7, 11) is -20.3. The number of nitrogen functional groups attached to an aromatic ring is 2. The van der Waals surface area contributed by atoms with Gasteiger partial charge in [-0.05, 0) is 145 Å². The van der Waals surface area contributed by atoms with E-state index in [1.807, 2.05) is 24.3 Å². The number of carbonyl (C=O) groups is 2. The second kappa shape index (κ2) is 22.3. The summed E-state index contributed by atoms with van der Waals surface area (Å²) in [5, 5.41) is 42.6. The van der Waals surface area contributed by atoms with Crippen LogP contribution in [0, 0.1) is 27.7 Å². The van der Waals surface area contributed by atoms with Crippen molar-refractivity contribution in [3.05, 3.63) is 131 Å². The van der Waals surface area contributed by atoms with Crippen molar-refractivity contribution >= 4 is 119 Å². The lowest BCUT2D eigenvalue weighted by Crippen LogP contribution is -2.31. The number of nitrogens with zero attached hydrogens (tertiary/aromatic N) is 4. The number of amides is 2. The van der Waals surface area contributed by atoms with Gasteiger partial charge >= 0.3 is 0 Å². The molecule has 0 fully saturated rings. The van der Waals surface area contributed by atoms with Crippen LogP contribution in [-0.2, 0) is 50.1 Å². The standard InChI is InChI=1S/C53H49N9O16S4/c1-25-17-29(31-7-13-38(27(3)19-31)59-61-40-15-9-34-42(79(67,68)69)23-44(81(73,74)75)50(55)48(34)52(40)65)5-11-36(25)57-46(63)21-33(54)22-47(64)58-37-12-6-30(18-26(37)2)32-8-14-39(28(4)20-32)60-62-41-16-10-35-43(80(70,71)72)24-45(82(76,77)78)51(56)49(35)53(41)66/h5-20,23-24,33,65-66H,21-22,54-56H2,1-4H3,(H,57,63)(H,58,64)(H,67,68,69)(H,70,71,72)(H,73,74,75)(H,76,77,78). The number of hydrogen-bond donors (Lipinski definition) is 11. The molecule has 0 bridgehead atoms. The zero-order chi connectivity index (χ0) is 60.1. The van der Waals surface area contributed by atoms with Crippen molar-refractivity contribution in [3.8, 4) is 33.8 Å². The molecular formula is C53H49N9O16S4. The van der Waals surface area contributed by atoms with Crippen molar-refractivity contribution in [2.75, 3.05) is 22.1 Å². The summed E-state index contributed by atoms with van der Waals surface area (Å²) < 4.78 is 135. The smallest absolute Gasteiger partial charge is 0.296 e. The molecule has 0 aliphatic heterocycles. The van der Waals surface area contributed by atoms with E-state index in [1.54, 1.807) is 76.2 Å². The molecule has 0 spiro atoms. The number of aryl methyl sites for hydroxylation is 4. The first kappa shape index (κ1) is 59.3. The summed E-state index contributed by atoms with van der Waals surface area (Å²) in [6.07, 6.45) is -0.349. The summed E-state index contributed by atoms with van der Waals surface area (Å²) in [6.45, 7) is 7.09. The summed E-state index contributed by atoms with van der Waals surface area (Å²) in [5.41, 5.74) is 23.8. The number of anilines is 4. The van der Waals surface area contributed by atoms with Gasteiger partial charge in [-0.15, -0.1) is 10.2 Å². The van der Waals surface area contributed by atoms with Gasteiger partial charge in [-0.2, -0.15) is 43.9 Å². The summed E-state index contributed by atoms with van der Waals surface area (Å²) in [5.74, 6) is -2.38. The predicted octanol–water partition coefficient (Wildman–Crippen LogP) is 9.64. The molecule has 82 heavy (non-hydrogen) atoms. The van der Waals surface area contributed by atoms with Gasteiger partial charge < -0.3 is 38.0 Å². The van der Waals surface area contributed by atoms with Gasteiger partial charge in [-0.1, -0.05) is 36.4 Å². The molecule has 29 heteroatoms.